The zero-order chi connectivity index (χ0) is 17.1. The van der Waals surface area contributed by atoms with Gasteiger partial charge in [0.1, 0.15) is 5.69 Å². The molecule has 1 amide bonds. The van der Waals surface area contributed by atoms with Crippen LogP contribution in [0.4, 0.5) is 0 Å². The lowest BCUT2D eigenvalue weighted by Gasteiger charge is -2.32. The number of carboxylic acid groups (broad SMARTS) is 1. The molecule has 1 spiro atoms. The highest BCUT2D eigenvalue weighted by Gasteiger charge is 2.59. The van der Waals surface area contributed by atoms with E-state index in [1.807, 2.05) is 40.8 Å². The Labute approximate surface area is 144 Å². The van der Waals surface area contributed by atoms with Crippen molar-refractivity contribution < 1.29 is 14.7 Å². The Kier molecular flexibility index (Phi) is 3.39. The van der Waals surface area contributed by atoms with E-state index in [0.29, 0.717) is 23.8 Å². The molecule has 4 rings (SSSR count). The van der Waals surface area contributed by atoms with Crippen LogP contribution in [0.3, 0.4) is 0 Å². The number of amides is 1. The number of hydrogen-bond donors (Lipinski definition) is 1. The number of fused-ring (bicyclic) bond motifs is 1. The summed E-state index contributed by atoms with van der Waals surface area (Å²) in [6.45, 7) is 1.20. The second kappa shape index (κ2) is 5.24. The van der Waals surface area contributed by atoms with Crippen molar-refractivity contribution >= 4 is 34.4 Å². The summed E-state index contributed by atoms with van der Waals surface area (Å²) in [5.41, 5.74) is 1.37. The molecule has 126 valence electrons. The van der Waals surface area contributed by atoms with Crippen LogP contribution in [0.5, 0.6) is 0 Å². The average Bonchev–Trinajstić information content (AvgIpc) is 3.22. The van der Waals surface area contributed by atoms with Crippen molar-refractivity contribution in [3.63, 3.8) is 0 Å². The Morgan fingerprint density at radius 3 is 2.50 bits per heavy atom. The van der Waals surface area contributed by atoms with Gasteiger partial charge in [-0.3, -0.25) is 9.59 Å². The summed E-state index contributed by atoms with van der Waals surface area (Å²) >= 11 is 6.46. The summed E-state index contributed by atoms with van der Waals surface area (Å²) in [4.78, 5) is 25.9. The fraction of sp³-hybridized carbons (Fsp3) is 0.444. The molecule has 5 nitrogen and oxygen atoms in total. The largest absolute Gasteiger partial charge is 0.481 e. The molecule has 0 radical (unpaired) electrons. The van der Waals surface area contributed by atoms with E-state index in [4.69, 9.17) is 11.6 Å². The number of nitrogens with zero attached hydrogens (tertiary/aromatic N) is 2. The first-order valence-electron chi connectivity index (χ1n) is 8.19. The summed E-state index contributed by atoms with van der Waals surface area (Å²) in [6.07, 6.45) is 2.27. The van der Waals surface area contributed by atoms with Crippen molar-refractivity contribution in [2.45, 2.75) is 19.3 Å². The van der Waals surface area contributed by atoms with Crippen molar-refractivity contribution in [2.24, 2.45) is 18.4 Å². The molecule has 0 bridgehead atoms. The van der Waals surface area contributed by atoms with Crippen LogP contribution in [-0.4, -0.2) is 39.5 Å². The van der Waals surface area contributed by atoms with Crippen LogP contribution in [0.25, 0.3) is 10.9 Å². The molecule has 1 aliphatic heterocycles. The van der Waals surface area contributed by atoms with Gasteiger partial charge < -0.3 is 14.6 Å². The Morgan fingerprint density at radius 1 is 1.25 bits per heavy atom. The summed E-state index contributed by atoms with van der Waals surface area (Å²) < 4.78 is 1.85. The molecule has 1 saturated heterocycles. The van der Waals surface area contributed by atoms with Crippen LogP contribution in [0.1, 0.15) is 29.8 Å². The maximum absolute atomic E-state index is 13.0. The topological polar surface area (TPSA) is 62.5 Å². The molecule has 1 unspecified atom stereocenters. The molecule has 1 atom stereocenters. The van der Waals surface area contributed by atoms with Gasteiger partial charge in [0.2, 0.25) is 0 Å². The SMILES string of the molecule is Cn1c(C(=O)N2CCC3(CC2)CC3C(=O)O)c(Cl)c2ccccc21. The highest BCUT2D eigenvalue weighted by atomic mass is 35.5. The number of para-hydroxylation sites is 1. The highest BCUT2D eigenvalue weighted by Crippen LogP contribution is 2.59. The fourth-order valence-corrected chi connectivity index (χ4v) is 4.51. The van der Waals surface area contributed by atoms with Crippen molar-refractivity contribution in [3.05, 3.63) is 35.0 Å². The quantitative estimate of drug-likeness (QED) is 0.908. The van der Waals surface area contributed by atoms with Crippen LogP contribution in [-0.2, 0) is 11.8 Å². The van der Waals surface area contributed by atoms with E-state index in [9.17, 15) is 14.7 Å². The molecule has 24 heavy (non-hydrogen) atoms. The van der Waals surface area contributed by atoms with Gasteiger partial charge in [-0.1, -0.05) is 29.8 Å². The van der Waals surface area contributed by atoms with E-state index in [0.717, 1.165) is 30.2 Å². The third-order valence-corrected chi connectivity index (χ3v) is 6.16. The first kappa shape index (κ1) is 15.5. The zero-order valence-electron chi connectivity index (χ0n) is 13.5. The van der Waals surface area contributed by atoms with Crippen molar-refractivity contribution in [3.8, 4) is 0 Å². The smallest absolute Gasteiger partial charge is 0.307 e. The number of carbonyl (C=O) groups excluding carboxylic acids is 1. The van der Waals surface area contributed by atoms with E-state index in [1.54, 1.807) is 0 Å². The number of halogens is 1. The Morgan fingerprint density at radius 2 is 1.92 bits per heavy atom. The minimum absolute atomic E-state index is 0.0684. The molecule has 1 N–H and O–H groups in total. The Balaban J connectivity index is 1.57. The van der Waals surface area contributed by atoms with Gasteiger partial charge >= 0.3 is 5.97 Å². The molecule has 1 aromatic carbocycles. The molecule has 1 aliphatic carbocycles. The molecular formula is C18H19ClN2O3. The maximum Gasteiger partial charge on any atom is 0.307 e. The summed E-state index contributed by atoms with van der Waals surface area (Å²) in [5.74, 6) is -0.997. The third kappa shape index (κ3) is 2.14. The number of aromatic nitrogens is 1. The maximum atomic E-state index is 13.0. The van der Waals surface area contributed by atoms with Crippen LogP contribution in [0.15, 0.2) is 24.3 Å². The van der Waals surface area contributed by atoms with Crippen molar-refractivity contribution in [1.82, 2.24) is 9.47 Å². The van der Waals surface area contributed by atoms with Crippen molar-refractivity contribution in [2.75, 3.05) is 13.1 Å². The fourth-order valence-electron chi connectivity index (χ4n) is 4.14. The predicted molar refractivity (Wildman–Crippen MR) is 91.2 cm³/mol. The molecule has 1 aromatic heterocycles. The van der Waals surface area contributed by atoms with Crippen molar-refractivity contribution in [1.29, 1.82) is 0 Å². The molecule has 2 fully saturated rings. The average molecular weight is 347 g/mol. The van der Waals surface area contributed by atoms with E-state index in [2.05, 4.69) is 0 Å². The molecule has 1 saturated carbocycles. The lowest BCUT2D eigenvalue weighted by Crippen LogP contribution is -2.40. The number of likely N-dealkylation sites (tertiary alicyclic amines) is 1. The normalized spacial score (nSPS) is 22.1. The standard InChI is InChI=1S/C18H19ClN2O3/c1-20-13-5-3-2-4-11(13)14(19)15(20)16(22)21-8-6-18(7-9-21)10-12(18)17(23)24/h2-5,12H,6-10H2,1H3,(H,23,24). The van der Waals surface area contributed by atoms with Gasteiger partial charge in [0.05, 0.1) is 10.9 Å². The van der Waals surface area contributed by atoms with E-state index in [-0.39, 0.29) is 17.2 Å². The van der Waals surface area contributed by atoms with E-state index < -0.39 is 5.97 Å². The van der Waals surface area contributed by atoms with Crippen LogP contribution < -0.4 is 0 Å². The number of hydrogen-bond acceptors (Lipinski definition) is 2. The Bertz CT molecular complexity index is 810. The van der Waals surface area contributed by atoms with Crippen LogP contribution in [0, 0.1) is 11.3 Å². The molecule has 6 heteroatoms. The zero-order valence-corrected chi connectivity index (χ0v) is 14.2. The predicted octanol–water partition coefficient (Wildman–Crippen LogP) is 3.16. The van der Waals surface area contributed by atoms with Gasteiger partial charge in [-0.25, -0.2) is 0 Å². The number of rotatable bonds is 2. The van der Waals surface area contributed by atoms with Crippen LogP contribution >= 0.6 is 11.6 Å². The number of aliphatic carboxylic acids is 1. The minimum Gasteiger partial charge on any atom is -0.481 e. The number of benzene rings is 1. The lowest BCUT2D eigenvalue weighted by molar-refractivity contribution is -0.139. The van der Waals surface area contributed by atoms with Gasteiger partial charge in [-0.15, -0.1) is 0 Å². The summed E-state index contributed by atoms with van der Waals surface area (Å²) in [7, 11) is 1.86. The summed E-state index contributed by atoms with van der Waals surface area (Å²) in [6, 6.07) is 7.70. The van der Waals surface area contributed by atoms with Gasteiger partial charge in [-0.2, -0.15) is 0 Å². The number of aryl methyl sites for hydroxylation is 1. The molecule has 2 aliphatic rings. The molecular weight excluding hydrogens is 328 g/mol. The summed E-state index contributed by atoms with van der Waals surface area (Å²) in [5, 5.41) is 10.6. The second-order valence-electron chi connectivity index (χ2n) is 6.99. The van der Waals surface area contributed by atoms with Gasteiger partial charge in [0, 0.05) is 31.0 Å². The first-order chi connectivity index (χ1) is 11.4. The van der Waals surface area contributed by atoms with Gasteiger partial charge in [0.25, 0.3) is 5.91 Å². The molecule has 2 heterocycles. The first-order valence-corrected chi connectivity index (χ1v) is 8.57. The van der Waals surface area contributed by atoms with E-state index >= 15 is 0 Å². The lowest BCUT2D eigenvalue weighted by atomic mass is 9.90. The molecule has 2 aromatic rings. The number of carboxylic acids is 1. The third-order valence-electron chi connectivity index (χ3n) is 5.78. The van der Waals surface area contributed by atoms with Gasteiger partial charge in [-0.05, 0) is 30.7 Å². The second-order valence-corrected chi connectivity index (χ2v) is 7.37. The Hall–Kier alpha value is -2.01. The monoisotopic (exact) mass is 346 g/mol. The van der Waals surface area contributed by atoms with E-state index in [1.165, 1.54) is 0 Å². The highest BCUT2D eigenvalue weighted by molar-refractivity contribution is 6.38. The number of piperidine rings is 1. The van der Waals surface area contributed by atoms with Crippen LogP contribution in [0.2, 0.25) is 5.02 Å². The number of carbonyl (C=O) groups is 2. The van der Waals surface area contributed by atoms with Gasteiger partial charge in [0.15, 0.2) is 0 Å². The minimum atomic E-state index is -0.702.